The summed E-state index contributed by atoms with van der Waals surface area (Å²) in [6.07, 6.45) is 0.739. The van der Waals surface area contributed by atoms with Crippen LogP contribution < -0.4 is 10.5 Å². The van der Waals surface area contributed by atoms with Crippen LogP contribution in [0.25, 0.3) is 0 Å². The Hall–Kier alpha value is -1.17. The number of aliphatic hydroxyl groups excluding tert-OH is 1. The van der Waals surface area contributed by atoms with Gasteiger partial charge in [0.1, 0.15) is 12.6 Å². The molecular weight excluding hydrogens is 292 g/mol. The number of fused-ring (bicyclic) bond motifs is 4. The summed E-state index contributed by atoms with van der Waals surface area (Å²) in [6, 6.07) is 5.61. The molecule has 1 saturated heterocycles. The zero-order valence-electron chi connectivity index (χ0n) is 14.4. The fourth-order valence-electron chi connectivity index (χ4n) is 4.02. The minimum atomic E-state index is -0.430. The van der Waals surface area contributed by atoms with Crippen LogP contribution in [-0.4, -0.2) is 47.6 Å². The van der Waals surface area contributed by atoms with Crippen molar-refractivity contribution in [2.45, 2.75) is 51.4 Å². The van der Waals surface area contributed by atoms with Crippen LogP contribution >= 0.6 is 0 Å². The van der Waals surface area contributed by atoms with E-state index in [2.05, 4.69) is 6.07 Å². The van der Waals surface area contributed by atoms with Crippen molar-refractivity contribution in [3.8, 4) is 0 Å². The first-order valence-corrected chi connectivity index (χ1v) is 8.67. The molecule has 0 spiro atoms. The number of rotatable bonds is 4. The van der Waals surface area contributed by atoms with Crippen molar-refractivity contribution in [2.24, 2.45) is 5.92 Å². The van der Waals surface area contributed by atoms with Gasteiger partial charge in [-0.05, 0) is 33.3 Å². The van der Waals surface area contributed by atoms with Crippen LogP contribution in [-0.2, 0) is 11.3 Å². The van der Waals surface area contributed by atoms with E-state index >= 15 is 0 Å². The molecule has 23 heavy (non-hydrogen) atoms. The van der Waals surface area contributed by atoms with Gasteiger partial charge >= 0.3 is 0 Å². The number of pyridine rings is 1. The third-order valence-corrected chi connectivity index (χ3v) is 4.91. The average molecular weight is 321 g/mol. The summed E-state index contributed by atoms with van der Waals surface area (Å²) in [5.74, 6) is 0.967. The number of hydrogen-bond donors (Lipinski definition) is 2. The largest absolute Gasteiger partial charge is 0.385 e. The highest BCUT2D eigenvalue weighted by Gasteiger charge is 2.37. The topological polar surface area (TPSA) is 55.9 Å². The predicted molar refractivity (Wildman–Crippen MR) is 88.8 cm³/mol. The number of ether oxygens (including phenoxy) is 1. The van der Waals surface area contributed by atoms with Gasteiger partial charge in [0.05, 0.1) is 25.3 Å². The highest BCUT2D eigenvalue weighted by atomic mass is 16.5. The molecule has 0 amide bonds. The monoisotopic (exact) mass is 321 g/mol. The molecule has 3 heterocycles. The van der Waals surface area contributed by atoms with Gasteiger partial charge in [-0.25, -0.2) is 0 Å². The molecule has 0 radical (unpaired) electrons. The quantitative estimate of drug-likeness (QED) is 0.822. The first-order valence-electron chi connectivity index (χ1n) is 8.67. The standard InChI is InChI=1S/C18H28N2O3/c1-18(2,3)23-12-15(21)11-19-8-13-7-14(10-19)16-5-4-6-17(22)20(16)9-13/h4-6,13-15,21H,7-12H2,1-3H3/p+1/t13-,14-,15?/m0/s1. The van der Waals surface area contributed by atoms with Crippen LogP contribution in [0.4, 0.5) is 0 Å². The summed E-state index contributed by atoms with van der Waals surface area (Å²) >= 11 is 0. The number of hydrogen-bond acceptors (Lipinski definition) is 3. The fraction of sp³-hybridized carbons (Fsp3) is 0.722. The molecule has 2 N–H and O–H groups in total. The second-order valence-corrected chi connectivity index (χ2v) is 8.14. The first-order chi connectivity index (χ1) is 10.8. The summed E-state index contributed by atoms with van der Waals surface area (Å²) < 4.78 is 7.64. The molecule has 0 aliphatic carbocycles. The normalized spacial score (nSPS) is 28.3. The molecule has 1 aromatic rings. The van der Waals surface area contributed by atoms with Crippen LogP contribution in [0.15, 0.2) is 23.0 Å². The van der Waals surface area contributed by atoms with Crippen molar-refractivity contribution < 1.29 is 14.7 Å². The molecule has 4 atom stereocenters. The molecule has 1 aromatic heterocycles. The molecule has 2 aliphatic rings. The third-order valence-electron chi connectivity index (χ3n) is 4.91. The molecule has 128 valence electrons. The van der Waals surface area contributed by atoms with E-state index in [4.69, 9.17) is 4.74 Å². The van der Waals surface area contributed by atoms with Gasteiger partial charge in [0, 0.05) is 30.1 Å². The van der Waals surface area contributed by atoms with Crippen molar-refractivity contribution in [3.63, 3.8) is 0 Å². The van der Waals surface area contributed by atoms with Crippen LogP contribution in [0.5, 0.6) is 0 Å². The van der Waals surface area contributed by atoms with E-state index < -0.39 is 6.10 Å². The van der Waals surface area contributed by atoms with Crippen LogP contribution in [0.2, 0.25) is 0 Å². The highest BCUT2D eigenvalue weighted by Crippen LogP contribution is 2.29. The Kier molecular flexibility index (Phi) is 4.63. The van der Waals surface area contributed by atoms with E-state index in [1.807, 2.05) is 31.4 Å². The lowest BCUT2D eigenvalue weighted by molar-refractivity contribution is -0.914. The molecule has 5 heteroatoms. The Labute approximate surface area is 137 Å². The lowest BCUT2D eigenvalue weighted by Gasteiger charge is -2.41. The van der Waals surface area contributed by atoms with Crippen molar-refractivity contribution in [1.82, 2.24) is 4.57 Å². The molecule has 0 saturated carbocycles. The molecule has 1 fully saturated rings. The molecular formula is C18H29N2O3+. The summed E-state index contributed by atoms with van der Waals surface area (Å²) in [6.45, 7) is 9.98. The molecule has 2 bridgehead atoms. The lowest BCUT2D eigenvalue weighted by Crippen LogP contribution is -3.15. The number of aromatic nitrogens is 1. The lowest BCUT2D eigenvalue weighted by atomic mass is 9.83. The van der Waals surface area contributed by atoms with Gasteiger partial charge in [-0.2, -0.15) is 0 Å². The second-order valence-electron chi connectivity index (χ2n) is 8.14. The summed E-state index contributed by atoms with van der Waals surface area (Å²) in [4.78, 5) is 13.5. The maximum Gasteiger partial charge on any atom is 0.250 e. The number of likely N-dealkylation sites (tertiary alicyclic amines) is 1. The number of aliphatic hydroxyl groups is 1. The zero-order chi connectivity index (χ0) is 16.6. The van der Waals surface area contributed by atoms with Gasteiger partial charge in [0.25, 0.3) is 5.56 Å². The maximum atomic E-state index is 12.0. The summed E-state index contributed by atoms with van der Waals surface area (Å²) in [5, 5.41) is 10.3. The van der Waals surface area contributed by atoms with Crippen molar-refractivity contribution in [1.29, 1.82) is 0 Å². The van der Waals surface area contributed by atoms with E-state index in [0.29, 0.717) is 18.4 Å². The van der Waals surface area contributed by atoms with Gasteiger partial charge in [-0.1, -0.05) is 6.07 Å². The second kappa shape index (κ2) is 6.38. The summed E-state index contributed by atoms with van der Waals surface area (Å²) in [5.41, 5.74) is 1.08. The third kappa shape index (κ3) is 4.03. The van der Waals surface area contributed by atoms with Gasteiger partial charge < -0.3 is 19.3 Å². The van der Waals surface area contributed by atoms with Crippen LogP contribution in [0.1, 0.15) is 38.8 Å². The number of quaternary nitrogens is 1. The van der Waals surface area contributed by atoms with Gasteiger partial charge in [0.15, 0.2) is 0 Å². The van der Waals surface area contributed by atoms with Crippen molar-refractivity contribution in [2.75, 3.05) is 26.2 Å². The van der Waals surface area contributed by atoms with E-state index in [1.54, 1.807) is 6.07 Å². The summed E-state index contributed by atoms with van der Waals surface area (Å²) in [7, 11) is 0. The minimum absolute atomic E-state index is 0.124. The van der Waals surface area contributed by atoms with E-state index in [9.17, 15) is 9.90 Å². The van der Waals surface area contributed by atoms with Crippen molar-refractivity contribution in [3.05, 3.63) is 34.2 Å². The SMILES string of the molecule is CC(C)(C)OCC(O)C[NH+]1C[C@@H]2C[C@@H](C1)c1cccc(=O)n1C2. The van der Waals surface area contributed by atoms with Gasteiger partial charge in [-0.15, -0.1) is 0 Å². The Morgan fingerprint density at radius 2 is 2.17 bits per heavy atom. The number of nitrogens with zero attached hydrogens (tertiary/aromatic N) is 1. The Morgan fingerprint density at radius 1 is 1.39 bits per heavy atom. The van der Waals surface area contributed by atoms with E-state index in [-0.39, 0.29) is 11.2 Å². The Morgan fingerprint density at radius 3 is 2.91 bits per heavy atom. The molecule has 3 rings (SSSR count). The fourth-order valence-corrected chi connectivity index (χ4v) is 4.02. The maximum absolute atomic E-state index is 12.0. The molecule has 2 aliphatic heterocycles. The molecule has 0 aromatic carbocycles. The number of piperidine rings is 1. The van der Waals surface area contributed by atoms with Crippen LogP contribution in [0, 0.1) is 5.92 Å². The smallest absolute Gasteiger partial charge is 0.250 e. The minimum Gasteiger partial charge on any atom is -0.385 e. The first kappa shape index (κ1) is 16.7. The van der Waals surface area contributed by atoms with Crippen molar-refractivity contribution >= 4 is 0 Å². The Bertz CT molecular complexity index is 605. The predicted octanol–water partition coefficient (Wildman–Crippen LogP) is 0.0263. The highest BCUT2D eigenvalue weighted by molar-refractivity contribution is 5.15. The molecule has 2 unspecified atom stereocenters. The van der Waals surface area contributed by atoms with E-state index in [0.717, 1.165) is 26.2 Å². The Balaban J connectivity index is 1.63. The molecule has 5 nitrogen and oxygen atoms in total. The zero-order valence-corrected chi connectivity index (χ0v) is 14.4. The van der Waals surface area contributed by atoms with Gasteiger partial charge in [-0.3, -0.25) is 4.79 Å². The van der Waals surface area contributed by atoms with E-state index in [1.165, 1.54) is 17.0 Å². The van der Waals surface area contributed by atoms with Gasteiger partial charge in [0.2, 0.25) is 0 Å². The number of nitrogens with one attached hydrogen (secondary N) is 1. The average Bonchev–Trinajstić information content (AvgIpc) is 2.46. The van der Waals surface area contributed by atoms with Crippen LogP contribution in [0.3, 0.4) is 0 Å².